The molecule has 0 fully saturated rings. The first-order valence-electron chi connectivity index (χ1n) is 7.00. The zero-order valence-corrected chi connectivity index (χ0v) is 12.0. The summed E-state index contributed by atoms with van der Waals surface area (Å²) in [5, 5.41) is 19.2. The van der Waals surface area contributed by atoms with E-state index in [4.69, 9.17) is 0 Å². The van der Waals surface area contributed by atoms with Crippen molar-refractivity contribution in [2.75, 3.05) is 7.05 Å². The maximum Gasteiger partial charge on any atom is 0.121 e. The van der Waals surface area contributed by atoms with Crippen LogP contribution < -0.4 is 0 Å². The number of azo groups is 1. The van der Waals surface area contributed by atoms with Gasteiger partial charge >= 0.3 is 0 Å². The maximum atomic E-state index is 4.64. The van der Waals surface area contributed by atoms with E-state index in [9.17, 15) is 0 Å². The molecule has 0 radical (unpaired) electrons. The van der Waals surface area contributed by atoms with E-state index in [0.29, 0.717) is 0 Å². The largest absolute Gasteiger partial charge is 0.192 e. The van der Waals surface area contributed by atoms with Crippen molar-refractivity contribution in [1.29, 1.82) is 0 Å². The standard InChI is InChI=1S/C17H13N5/c1-18-19-13-7-9-14(10-8-13)22-20-16-11-6-12-4-2-3-5-15(12)17(16)21-22/h2-11H,1H3. The van der Waals surface area contributed by atoms with Crippen molar-refractivity contribution >= 4 is 27.5 Å². The average Bonchev–Trinajstić information content (AvgIpc) is 3.00. The van der Waals surface area contributed by atoms with E-state index in [0.717, 1.165) is 27.8 Å². The predicted molar refractivity (Wildman–Crippen MR) is 86.8 cm³/mol. The van der Waals surface area contributed by atoms with Gasteiger partial charge in [0.05, 0.1) is 11.4 Å². The summed E-state index contributed by atoms with van der Waals surface area (Å²) in [6, 6.07) is 19.9. The van der Waals surface area contributed by atoms with Crippen molar-refractivity contribution in [3.05, 3.63) is 60.7 Å². The van der Waals surface area contributed by atoms with Crippen molar-refractivity contribution in [1.82, 2.24) is 15.0 Å². The quantitative estimate of drug-likeness (QED) is 0.516. The Kier molecular flexibility index (Phi) is 2.89. The summed E-state index contributed by atoms with van der Waals surface area (Å²) in [5.74, 6) is 0. The first-order chi connectivity index (χ1) is 10.8. The third-order valence-corrected chi connectivity index (χ3v) is 3.57. The number of nitrogens with zero attached hydrogens (tertiary/aromatic N) is 5. The Morgan fingerprint density at radius 2 is 1.68 bits per heavy atom. The fraction of sp³-hybridized carbons (Fsp3) is 0.0588. The number of fused-ring (bicyclic) bond motifs is 3. The molecule has 1 heterocycles. The molecule has 0 saturated heterocycles. The highest BCUT2D eigenvalue weighted by molar-refractivity contribution is 6.03. The number of rotatable bonds is 2. The molecular formula is C17H13N5. The molecule has 0 saturated carbocycles. The Bertz CT molecular complexity index is 983. The van der Waals surface area contributed by atoms with E-state index < -0.39 is 0 Å². The van der Waals surface area contributed by atoms with Gasteiger partial charge in [-0.15, -0.1) is 10.2 Å². The lowest BCUT2D eigenvalue weighted by atomic mass is 10.1. The third kappa shape index (κ3) is 2.03. The molecule has 5 heteroatoms. The van der Waals surface area contributed by atoms with Gasteiger partial charge in [-0.3, -0.25) is 0 Å². The van der Waals surface area contributed by atoms with Crippen LogP contribution in [0.3, 0.4) is 0 Å². The fourth-order valence-electron chi connectivity index (χ4n) is 2.53. The smallest absolute Gasteiger partial charge is 0.121 e. The van der Waals surface area contributed by atoms with Crippen LogP contribution in [0.2, 0.25) is 0 Å². The molecule has 5 nitrogen and oxygen atoms in total. The van der Waals surface area contributed by atoms with Crippen LogP contribution in [-0.4, -0.2) is 22.0 Å². The Balaban J connectivity index is 1.87. The zero-order chi connectivity index (χ0) is 14.9. The summed E-state index contributed by atoms with van der Waals surface area (Å²) < 4.78 is 0. The minimum absolute atomic E-state index is 0.813. The number of hydrogen-bond donors (Lipinski definition) is 0. The van der Waals surface area contributed by atoms with Crippen molar-refractivity contribution in [2.24, 2.45) is 10.2 Å². The third-order valence-electron chi connectivity index (χ3n) is 3.57. The molecule has 0 amide bonds. The molecular weight excluding hydrogens is 274 g/mol. The molecule has 0 bridgehead atoms. The highest BCUT2D eigenvalue weighted by atomic mass is 15.5. The lowest BCUT2D eigenvalue weighted by Crippen LogP contribution is -1.97. The second-order valence-corrected chi connectivity index (χ2v) is 4.96. The summed E-state index contributed by atoms with van der Waals surface area (Å²) in [7, 11) is 1.65. The first-order valence-corrected chi connectivity index (χ1v) is 7.00. The van der Waals surface area contributed by atoms with Crippen LogP contribution >= 0.6 is 0 Å². The summed E-state index contributed by atoms with van der Waals surface area (Å²) in [6.07, 6.45) is 0. The van der Waals surface area contributed by atoms with Crippen molar-refractivity contribution < 1.29 is 0 Å². The van der Waals surface area contributed by atoms with Crippen molar-refractivity contribution in [2.45, 2.75) is 0 Å². The van der Waals surface area contributed by atoms with Crippen LogP contribution in [0.1, 0.15) is 0 Å². The number of benzene rings is 3. The van der Waals surface area contributed by atoms with Gasteiger partial charge in [0, 0.05) is 12.4 Å². The van der Waals surface area contributed by atoms with E-state index in [1.54, 1.807) is 11.8 Å². The Morgan fingerprint density at radius 1 is 0.864 bits per heavy atom. The van der Waals surface area contributed by atoms with E-state index in [1.165, 1.54) is 5.39 Å². The molecule has 0 spiro atoms. The monoisotopic (exact) mass is 287 g/mol. The minimum atomic E-state index is 0.813. The SMILES string of the molecule is CN=Nc1ccc(-n2nc3ccc4ccccc4c3n2)cc1. The number of aromatic nitrogens is 3. The van der Waals surface area contributed by atoms with Gasteiger partial charge in [-0.2, -0.15) is 15.0 Å². The Labute approximate surface area is 126 Å². The highest BCUT2D eigenvalue weighted by Crippen LogP contribution is 2.23. The van der Waals surface area contributed by atoms with Crippen LogP contribution in [0, 0.1) is 0 Å². The van der Waals surface area contributed by atoms with E-state index in [-0.39, 0.29) is 0 Å². The molecule has 4 aromatic rings. The maximum absolute atomic E-state index is 4.64. The highest BCUT2D eigenvalue weighted by Gasteiger charge is 2.08. The van der Waals surface area contributed by atoms with E-state index in [2.05, 4.69) is 38.6 Å². The summed E-state index contributed by atoms with van der Waals surface area (Å²) in [4.78, 5) is 1.66. The lowest BCUT2D eigenvalue weighted by molar-refractivity contribution is 0.766. The van der Waals surface area contributed by atoms with Gasteiger partial charge in [-0.05, 0) is 35.7 Å². The van der Waals surface area contributed by atoms with Crippen LogP contribution in [0.25, 0.3) is 27.5 Å². The van der Waals surface area contributed by atoms with Gasteiger partial charge in [-0.25, -0.2) is 0 Å². The second-order valence-electron chi connectivity index (χ2n) is 4.96. The molecule has 4 rings (SSSR count). The van der Waals surface area contributed by atoms with E-state index >= 15 is 0 Å². The molecule has 3 aromatic carbocycles. The van der Waals surface area contributed by atoms with E-state index in [1.807, 2.05) is 42.5 Å². The van der Waals surface area contributed by atoms with Crippen molar-refractivity contribution in [3.63, 3.8) is 0 Å². The van der Waals surface area contributed by atoms with Gasteiger partial charge in [0.25, 0.3) is 0 Å². The normalized spacial score (nSPS) is 11.7. The van der Waals surface area contributed by atoms with Gasteiger partial charge in [0.2, 0.25) is 0 Å². The number of hydrogen-bond acceptors (Lipinski definition) is 4. The van der Waals surface area contributed by atoms with Gasteiger partial charge in [0.15, 0.2) is 0 Å². The van der Waals surface area contributed by atoms with Gasteiger partial charge < -0.3 is 0 Å². The zero-order valence-electron chi connectivity index (χ0n) is 12.0. The van der Waals surface area contributed by atoms with Crippen molar-refractivity contribution in [3.8, 4) is 5.69 Å². The second kappa shape index (κ2) is 5.04. The summed E-state index contributed by atoms with van der Waals surface area (Å²) >= 11 is 0. The molecule has 106 valence electrons. The van der Waals surface area contributed by atoms with Crippen LogP contribution in [0.4, 0.5) is 5.69 Å². The minimum Gasteiger partial charge on any atom is -0.192 e. The molecule has 0 N–H and O–H groups in total. The summed E-state index contributed by atoms with van der Waals surface area (Å²) in [6.45, 7) is 0. The average molecular weight is 287 g/mol. The molecule has 0 aliphatic rings. The molecule has 22 heavy (non-hydrogen) atoms. The molecule has 0 unspecified atom stereocenters. The van der Waals surface area contributed by atoms with Crippen LogP contribution in [-0.2, 0) is 0 Å². The lowest BCUT2D eigenvalue weighted by Gasteiger charge is -1.98. The van der Waals surface area contributed by atoms with Crippen LogP contribution in [0.5, 0.6) is 0 Å². The molecule has 0 atom stereocenters. The predicted octanol–water partition coefficient (Wildman–Crippen LogP) is 4.29. The Morgan fingerprint density at radius 3 is 2.50 bits per heavy atom. The topological polar surface area (TPSA) is 55.4 Å². The summed E-state index contributed by atoms with van der Waals surface area (Å²) in [5.41, 5.74) is 3.51. The fourth-order valence-corrected chi connectivity index (χ4v) is 2.53. The molecule has 1 aromatic heterocycles. The van der Waals surface area contributed by atoms with Gasteiger partial charge in [-0.1, -0.05) is 30.3 Å². The van der Waals surface area contributed by atoms with Crippen LogP contribution in [0.15, 0.2) is 70.9 Å². The first kappa shape index (κ1) is 12.6. The molecule has 0 aliphatic carbocycles. The van der Waals surface area contributed by atoms with Gasteiger partial charge in [0.1, 0.15) is 11.0 Å². The molecule has 0 aliphatic heterocycles. The Hall–Kier alpha value is -3.08.